The SMILES string of the molecule is CC(O)CC(C)O.CC(O)CC(C)O.Cc1ccc(C)c(-c2cc(-c3[c-]ccnc3C)ncn2)c1.Cc1ccc(C)c(-c2ncnc(-c3[c-]ccnc3C)c2-c2ccccc2)c1.Cc1ccccc1-c1ncnc(-c2[c-]ccnc2C)c1-c1c(C)cccc1C.Cc1ncc[c-]c1-c1cc(-c2cccnc2C)ncn1.[Ir].[Ir].[Ir].[Ir]. The fraction of sp³-hybridized carbons (Fsp3) is 0.237. The Bertz CT molecular complexity index is 5210. The van der Waals surface area contributed by atoms with Gasteiger partial charge in [0.15, 0.2) is 0 Å². The standard InChI is InChI=1S/C25H22N3.C24H20N3.C18H16N3.C16H13N4.2C5H12O2.4Ir/c1-16-9-5-6-12-20(16)24-23(22-17(2)10-7-11-18(22)3)25(28-15-27-24)21-13-8-14-26-19(21)4;1-16-11-12-17(2)21(14-16)24-22(19-8-5-4-6-9-19)23(26-15-27-24)20-10-7-13-25-18(20)3;1-12-6-7-13(2)16(9-12)18-10-17(20-11-21-18)15-5-4-8-19-14(15)3;1-11-13(5-3-7-17-11)15-9-16(20-10-19-15)14-6-4-8-18-12(14)2;2*1-4(6)3-5(2)7;;;;/h5-12,14-15H,1-4H3;4-9,11-15H,1-3H3;4,6-11H,1-3H3;3-5,7-10H,1-2H3;2*4-7H,3H2,1-2H3;;;;/q4*-1;;;;;;. The van der Waals surface area contributed by atoms with Crippen LogP contribution in [0.25, 0.3) is 112 Å². The summed E-state index contributed by atoms with van der Waals surface area (Å²) in [4.78, 5) is 58.0. The van der Waals surface area contributed by atoms with E-state index in [4.69, 9.17) is 35.4 Å². The molecule has 4 radical (unpaired) electrons. The van der Waals surface area contributed by atoms with E-state index in [-0.39, 0.29) is 105 Å². The van der Waals surface area contributed by atoms with Gasteiger partial charge in [0.2, 0.25) is 0 Å². The van der Waals surface area contributed by atoms with E-state index in [1.807, 2.05) is 95.3 Å². The van der Waals surface area contributed by atoms with Gasteiger partial charge in [-0.05, 0) is 204 Å². The van der Waals surface area contributed by atoms with E-state index >= 15 is 0 Å². The number of aromatic nitrogens is 13. The number of aliphatic hydroxyl groups excluding tert-OH is 4. The maximum absolute atomic E-state index is 8.56. The number of nitrogens with zero attached hydrogens (tertiary/aromatic N) is 13. The van der Waals surface area contributed by atoms with Crippen LogP contribution in [0.5, 0.6) is 0 Å². The molecule has 0 aliphatic carbocycles. The number of aliphatic hydroxyl groups is 4. The zero-order valence-corrected chi connectivity index (χ0v) is 76.4. The minimum atomic E-state index is -0.375. The van der Waals surface area contributed by atoms with Crippen molar-refractivity contribution in [3.8, 4) is 112 Å². The molecule has 4 unspecified atom stereocenters. The van der Waals surface area contributed by atoms with Crippen LogP contribution in [0.1, 0.15) is 108 Å². The van der Waals surface area contributed by atoms with Crippen LogP contribution in [0.2, 0.25) is 0 Å². The van der Waals surface area contributed by atoms with Gasteiger partial charge in [-0.15, -0.1) is 70.8 Å². The second-order valence-electron chi connectivity index (χ2n) is 27.3. The summed E-state index contributed by atoms with van der Waals surface area (Å²) in [7, 11) is 0. The molecule has 9 aromatic heterocycles. The first-order chi connectivity index (χ1) is 52.9. The van der Waals surface area contributed by atoms with Crippen LogP contribution in [-0.4, -0.2) is 110 Å². The summed E-state index contributed by atoms with van der Waals surface area (Å²) in [6, 6.07) is 66.0. The fourth-order valence-electron chi connectivity index (χ4n) is 12.5. The van der Waals surface area contributed by atoms with Crippen molar-refractivity contribution in [1.82, 2.24) is 64.8 Å². The van der Waals surface area contributed by atoms with Crippen LogP contribution >= 0.6 is 0 Å². The van der Waals surface area contributed by atoms with Crippen LogP contribution in [0.3, 0.4) is 0 Å². The van der Waals surface area contributed by atoms with Crippen molar-refractivity contribution in [1.29, 1.82) is 0 Å². The molecule has 0 bridgehead atoms. The van der Waals surface area contributed by atoms with Crippen LogP contribution < -0.4 is 0 Å². The van der Waals surface area contributed by atoms with E-state index in [0.717, 1.165) is 135 Å². The summed E-state index contributed by atoms with van der Waals surface area (Å²) in [6.07, 6.45) is 14.7. The minimum absolute atomic E-state index is 0. The summed E-state index contributed by atoms with van der Waals surface area (Å²) in [5, 5.41) is 34.3. The van der Waals surface area contributed by atoms with Gasteiger partial charge in [0.1, 0.15) is 25.3 Å². The van der Waals surface area contributed by atoms with Gasteiger partial charge < -0.3 is 40.4 Å². The van der Waals surface area contributed by atoms with Gasteiger partial charge in [-0.2, -0.15) is 0 Å². The molecule has 5 aromatic carbocycles. The second kappa shape index (κ2) is 46.8. The summed E-state index contributed by atoms with van der Waals surface area (Å²) < 4.78 is 0. The third-order valence-electron chi connectivity index (χ3n) is 17.9. The zero-order chi connectivity index (χ0) is 79.0. The van der Waals surface area contributed by atoms with E-state index in [0.29, 0.717) is 12.8 Å². The smallest absolute Gasteiger partial charge is 0.106 e. The molecule has 596 valence electrons. The largest absolute Gasteiger partial charge is 0.393 e. The Morgan fingerprint density at radius 3 is 1.06 bits per heavy atom. The Hall–Kier alpha value is -9.39. The molecule has 9 heterocycles. The molecule has 0 saturated carbocycles. The van der Waals surface area contributed by atoms with Gasteiger partial charge in [-0.1, -0.05) is 173 Å². The van der Waals surface area contributed by atoms with Crippen LogP contribution in [0.4, 0.5) is 0 Å². The number of aryl methyl sites for hydroxylation is 12. The molecule has 21 heteroatoms. The Morgan fingerprint density at radius 1 is 0.272 bits per heavy atom. The molecule has 14 aromatic rings. The van der Waals surface area contributed by atoms with E-state index in [1.54, 1.807) is 90.1 Å². The summed E-state index contributed by atoms with van der Waals surface area (Å²) in [5.74, 6) is 0. The van der Waals surface area contributed by atoms with Crippen LogP contribution in [-0.2, 0) is 80.4 Å². The number of pyridine rings is 5. The van der Waals surface area contributed by atoms with Crippen molar-refractivity contribution in [3.05, 3.63) is 306 Å². The van der Waals surface area contributed by atoms with Crippen molar-refractivity contribution < 1.29 is 101 Å². The molecule has 4 atom stereocenters. The van der Waals surface area contributed by atoms with Crippen LogP contribution in [0.15, 0.2) is 214 Å². The molecular weight excluding hydrogens is 2130 g/mol. The van der Waals surface area contributed by atoms with Gasteiger partial charge in [-0.3, -0.25) is 24.9 Å². The third kappa shape index (κ3) is 26.3. The van der Waals surface area contributed by atoms with Crippen molar-refractivity contribution >= 4 is 0 Å². The molecule has 17 nitrogen and oxygen atoms in total. The third-order valence-corrected chi connectivity index (χ3v) is 17.9. The Kier molecular flexibility index (Phi) is 39.1. The zero-order valence-electron chi connectivity index (χ0n) is 66.9. The van der Waals surface area contributed by atoms with Crippen molar-refractivity contribution in [2.75, 3.05) is 0 Å². The molecule has 0 aliphatic heterocycles. The van der Waals surface area contributed by atoms with E-state index in [1.165, 1.54) is 44.5 Å². The van der Waals surface area contributed by atoms with Crippen molar-refractivity contribution in [3.63, 3.8) is 0 Å². The molecule has 0 amide bonds. The van der Waals surface area contributed by atoms with E-state index in [2.05, 4.69) is 214 Å². The normalized spacial score (nSPS) is 11.3. The van der Waals surface area contributed by atoms with Crippen molar-refractivity contribution in [2.45, 2.75) is 148 Å². The van der Waals surface area contributed by atoms with Gasteiger partial charge in [-0.25, -0.2) is 19.9 Å². The number of hydrogen-bond donors (Lipinski definition) is 4. The van der Waals surface area contributed by atoms with Gasteiger partial charge in [0.25, 0.3) is 0 Å². The van der Waals surface area contributed by atoms with Crippen LogP contribution in [0, 0.1) is 107 Å². The first kappa shape index (κ1) is 95.2. The maximum Gasteiger partial charge on any atom is 0.106 e. The van der Waals surface area contributed by atoms with E-state index in [9.17, 15) is 0 Å². The average molecular weight is 2230 g/mol. The molecule has 0 fully saturated rings. The van der Waals surface area contributed by atoms with Crippen molar-refractivity contribution in [2.24, 2.45) is 0 Å². The summed E-state index contributed by atoms with van der Waals surface area (Å²) in [6.45, 7) is 31.3. The predicted molar refractivity (Wildman–Crippen MR) is 440 cm³/mol. The Balaban J connectivity index is 0.000000255. The predicted octanol–water partition coefficient (Wildman–Crippen LogP) is 18.7. The molecule has 14 rings (SSSR count). The minimum Gasteiger partial charge on any atom is -0.393 e. The second-order valence-corrected chi connectivity index (χ2v) is 27.3. The molecular formula is C93H95Ir4N13O4-4. The fourth-order valence-corrected chi connectivity index (χ4v) is 12.5. The van der Waals surface area contributed by atoms with Gasteiger partial charge in [0.05, 0.1) is 47.2 Å². The summed E-state index contributed by atoms with van der Waals surface area (Å²) in [5.41, 5.74) is 32.4. The first-order valence-electron chi connectivity index (χ1n) is 36.5. The molecule has 0 aliphatic rings. The molecule has 0 spiro atoms. The molecule has 114 heavy (non-hydrogen) atoms. The number of benzene rings is 5. The number of rotatable bonds is 14. The average Bonchev–Trinajstić information content (AvgIpc) is 0.774. The topological polar surface area (TPSA) is 248 Å². The Morgan fingerprint density at radius 2 is 0.623 bits per heavy atom. The Labute approximate surface area is 725 Å². The van der Waals surface area contributed by atoms with Gasteiger partial charge in [0, 0.05) is 126 Å². The van der Waals surface area contributed by atoms with Gasteiger partial charge >= 0.3 is 0 Å². The molecule has 0 saturated heterocycles. The first-order valence-corrected chi connectivity index (χ1v) is 36.5. The maximum atomic E-state index is 8.56. The quantitative estimate of drug-likeness (QED) is 0.0739. The van der Waals surface area contributed by atoms with E-state index < -0.39 is 0 Å². The number of hydrogen-bond acceptors (Lipinski definition) is 17. The molecule has 4 N–H and O–H groups in total. The monoisotopic (exact) mass is 2230 g/mol. The summed E-state index contributed by atoms with van der Waals surface area (Å²) >= 11 is 0.